The van der Waals surface area contributed by atoms with E-state index in [-0.39, 0.29) is 0 Å². The van der Waals surface area contributed by atoms with Crippen LogP contribution in [0.1, 0.15) is 36.8 Å². The van der Waals surface area contributed by atoms with Crippen molar-refractivity contribution in [2.24, 2.45) is 0 Å². The van der Waals surface area contributed by atoms with Crippen molar-refractivity contribution in [2.45, 2.75) is 39.6 Å². The molecule has 0 aliphatic rings. The van der Waals surface area contributed by atoms with E-state index >= 15 is 0 Å². The molecule has 0 radical (unpaired) electrons. The van der Waals surface area contributed by atoms with Gasteiger partial charge in [-0.1, -0.05) is 36.4 Å². The van der Waals surface area contributed by atoms with Gasteiger partial charge in [-0.15, -0.1) is 0 Å². The number of esters is 1. The molecule has 0 saturated carbocycles. The van der Waals surface area contributed by atoms with Crippen molar-refractivity contribution >= 4 is 5.97 Å². The Morgan fingerprint density at radius 1 is 1.07 bits per heavy atom. The van der Waals surface area contributed by atoms with Crippen molar-refractivity contribution in [3.8, 4) is 17.2 Å². The van der Waals surface area contributed by atoms with Gasteiger partial charge in [-0.3, -0.25) is 9.78 Å². The summed E-state index contributed by atoms with van der Waals surface area (Å²) in [4.78, 5) is 15.6. The molecule has 1 N–H and O–H groups in total. The van der Waals surface area contributed by atoms with Crippen LogP contribution in [0, 0.1) is 6.92 Å². The van der Waals surface area contributed by atoms with Crippen LogP contribution in [0.2, 0.25) is 0 Å². The summed E-state index contributed by atoms with van der Waals surface area (Å²) in [5.74, 6) is 0.870. The summed E-state index contributed by atoms with van der Waals surface area (Å²) >= 11 is 0. The monoisotopic (exact) mass is 407 g/mol. The van der Waals surface area contributed by atoms with Crippen LogP contribution in [-0.2, 0) is 11.4 Å². The summed E-state index contributed by atoms with van der Waals surface area (Å²) in [5.41, 5.74) is 2.44. The number of pyridine rings is 1. The van der Waals surface area contributed by atoms with Gasteiger partial charge in [-0.2, -0.15) is 0 Å². The first-order chi connectivity index (χ1) is 14.4. The predicted octanol–water partition coefficient (Wildman–Crippen LogP) is 4.40. The van der Waals surface area contributed by atoms with Crippen molar-refractivity contribution in [1.29, 1.82) is 0 Å². The third-order valence-corrected chi connectivity index (χ3v) is 4.42. The number of hydrogen-bond acceptors (Lipinski definition) is 6. The average Bonchev–Trinajstić information content (AvgIpc) is 2.74. The molecule has 6 heteroatoms. The summed E-state index contributed by atoms with van der Waals surface area (Å²) in [5, 5.41) is 10.6. The van der Waals surface area contributed by atoms with Gasteiger partial charge in [0.1, 0.15) is 24.6 Å². The van der Waals surface area contributed by atoms with Gasteiger partial charge in [0.05, 0.1) is 11.9 Å². The van der Waals surface area contributed by atoms with Crippen LogP contribution >= 0.6 is 0 Å². The molecule has 0 aliphatic heterocycles. The first kappa shape index (κ1) is 21.3. The first-order valence-corrected chi connectivity index (χ1v) is 9.69. The van der Waals surface area contributed by atoms with E-state index < -0.39 is 18.2 Å². The number of carbonyl (C=O) groups is 1. The second kappa shape index (κ2) is 9.89. The molecule has 0 bridgehead atoms. The summed E-state index contributed by atoms with van der Waals surface area (Å²) in [6.07, 6.45) is -0.0186. The fraction of sp³-hybridized carbons (Fsp3) is 0.250. The molecule has 0 amide bonds. The number of carbonyl (C=O) groups excluding carboxylic acids is 1. The molecule has 0 spiro atoms. The van der Waals surface area contributed by atoms with Gasteiger partial charge in [-0.05, 0) is 49.2 Å². The molecule has 3 aromatic rings. The van der Waals surface area contributed by atoms with E-state index in [9.17, 15) is 9.90 Å². The molecule has 0 saturated heterocycles. The van der Waals surface area contributed by atoms with E-state index in [1.807, 2.05) is 43.3 Å². The van der Waals surface area contributed by atoms with Gasteiger partial charge in [0.2, 0.25) is 0 Å². The molecule has 2 atom stereocenters. The molecule has 1 aromatic heterocycles. The van der Waals surface area contributed by atoms with E-state index in [2.05, 4.69) is 4.98 Å². The number of aliphatic hydroxyl groups is 1. The molecule has 0 fully saturated rings. The van der Waals surface area contributed by atoms with Crippen molar-refractivity contribution in [1.82, 2.24) is 4.98 Å². The zero-order valence-corrected chi connectivity index (χ0v) is 17.2. The number of benzene rings is 2. The Labute approximate surface area is 176 Å². The van der Waals surface area contributed by atoms with Crippen LogP contribution in [0.25, 0.3) is 0 Å². The summed E-state index contributed by atoms with van der Waals surface area (Å²) in [7, 11) is 0. The molecule has 6 nitrogen and oxygen atoms in total. The van der Waals surface area contributed by atoms with Gasteiger partial charge >= 0.3 is 5.97 Å². The highest BCUT2D eigenvalue weighted by Gasteiger charge is 2.21. The van der Waals surface area contributed by atoms with Crippen LogP contribution < -0.4 is 14.2 Å². The molecule has 2 unspecified atom stereocenters. The number of ether oxygens (including phenoxy) is 3. The zero-order chi connectivity index (χ0) is 21.5. The Kier molecular flexibility index (Phi) is 7.03. The predicted molar refractivity (Wildman–Crippen MR) is 113 cm³/mol. The molecule has 1 heterocycles. The molecule has 0 aliphatic carbocycles. The normalized spacial score (nSPS) is 12.7. The minimum absolute atomic E-state index is 0.319. The van der Waals surface area contributed by atoms with Gasteiger partial charge in [0.15, 0.2) is 11.5 Å². The second-order valence-corrected chi connectivity index (χ2v) is 7.00. The number of aliphatic hydroxyl groups excluding tert-OH is 1. The van der Waals surface area contributed by atoms with E-state index in [4.69, 9.17) is 14.2 Å². The topological polar surface area (TPSA) is 77.9 Å². The summed E-state index contributed by atoms with van der Waals surface area (Å²) in [6, 6.07) is 18.6. The number of nitrogens with zero attached hydrogens (tertiary/aromatic N) is 1. The van der Waals surface area contributed by atoms with Gasteiger partial charge < -0.3 is 19.3 Å². The van der Waals surface area contributed by atoms with E-state index in [0.717, 1.165) is 11.1 Å². The van der Waals surface area contributed by atoms with Crippen LogP contribution in [0.15, 0.2) is 66.9 Å². The van der Waals surface area contributed by atoms with Crippen molar-refractivity contribution in [2.75, 3.05) is 0 Å². The minimum Gasteiger partial charge on any atom is -0.487 e. The van der Waals surface area contributed by atoms with Crippen molar-refractivity contribution in [3.05, 3.63) is 83.7 Å². The smallest absolute Gasteiger partial charge is 0.308 e. The quantitative estimate of drug-likeness (QED) is 0.441. The maximum absolute atomic E-state index is 11.3. The Hall–Kier alpha value is -3.38. The van der Waals surface area contributed by atoms with Crippen LogP contribution in [0.5, 0.6) is 17.2 Å². The summed E-state index contributed by atoms with van der Waals surface area (Å²) < 4.78 is 16.8. The third-order valence-electron chi connectivity index (χ3n) is 4.42. The molecule has 2 aromatic carbocycles. The largest absolute Gasteiger partial charge is 0.487 e. The van der Waals surface area contributed by atoms with Crippen LogP contribution in [0.4, 0.5) is 0 Å². The highest BCUT2D eigenvalue weighted by Crippen LogP contribution is 2.31. The number of aromatic nitrogens is 1. The molecule has 3 rings (SSSR count). The maximum atomic E-state index is 11.3. The number of hydrogen-bond donors (Lipinski definition) is 1. The lowest BCUT2D eigenvalue weighted by atomic mass is 10.1. The van der Waals surface area contributed by atoms with Gasteiger partial charge in [0.25, 0.3) is 0 Å². The number of rotatable bonds is 8. The fourth-order valence-electron chi connectivity index (χ4n) is 2.85. The second-order valence-electron chi connectivity index (χ2n) is 7.00. The lowest BCUT2D eigenvalue weighted by Crippen LogP contribution is -2.23. The number of aryl methyl sites for hydroxylation is 1. The Morgan fingerprint density at radius 3 is 2.50 bits per heavy atom. The maximum Gasteiger partial charge on any atom is 0.308 e. The van der Waals surface area contributed by atoms with E-state index in [1.165, 1.54) is 6.92 Å². The fourth-order valence-corrected chi connectivity index (χ4v) is 2.85. The minimum atomic E-state index is -0.973. The molecular formula is C24H25NO5. The van der Waals surface area contributed by atoms with Crippen molar-refractivity contribution < 1.29 is 24.1 Å². The first-order valence-electron chi connectivity index (χ1n) is 9.69. The SMILES string of the molecule is CC(=O)Oc1cc(C)ccc1OC(C)C(O)c1ccc(OCc2ccccc2)cn1. The third kappa shape index (κ3) is 5.81. The van der Waals surface area contributed by atoms with Crippen molar-refractivity contribution in [3.63, 3.8) is 0 Å². The highest BCUT2D eigenvalue weighted by atomic mass is 16.6. The van der Waals surface area contributed by atoms with Gasteiger partial charge in [0, 0.05) is 6.92 Å². The Morgan fingerprint density at radius 2 is 1.83 bits per heavy atom. The highest BCUT2D eigenvalue weighted by molar-refractivity contribution is 5.70. The standard InChI is InChI=1S/C24H25NO5/c1-16-9-12-22(23(13-16)30-18(3)26)29-17(2)24(27)21-11-10-20(14-25-21)28-15-19-7-5-4-6-8-19/h4-14,17,24,27H,15H2,1-3H3. The molecule has 30 heavy (non-hydrogen) atoms. The average molecular weight is 407 g/mol. The molecular weight excluding hydrogens is 382 g/mol. The summed E-state index contributed by atoms with van der Waals surface area (Å²) in [6.45, 7) is 5.38. The van der Waals surface area contributed by atoms with Crippen LogP contribution in [-0.4, -0.2) is 22.2 Å². The Balaban J connectivity index is 1.63. The van der Waals surface area contributed by atoms with E-state index in [1.54, 1.807) is 37.4 Å². The van der Waals surface area contributed by atoms with Gasteiger partial charge in [-0.25, -0.2) is 0 Å². The molecule has 156 valence electrons. The Bertz CT molecular complexity index is 973. The van der Waals surface area contributed by atoms with E-state index in [0.29, 0.717) is 29.5 Å². The lowest BCUT2D eigenvalue weighted by Gasteiger charge is -2.21. The van der Waals surface area contributed by atoms with Crippen LogP contribution in [0.3, 0.4) is 0 Å². The lowest BCUT2D eigenvalue weighted by molar-refractivity contribution is -0.132. The zero-order valence-electron chi connectivity index (χ0n) is 17.2.